The van der Waals surface area contributed by atoms with Crippen LogP contribution >= 0.6 is 0 Å². The molecule has 0 aromatic rings. The monoisotopic (exact) mass is 418 g/mol. The fourth-order valence-electron chi connectivity index (χ4n) is 5.30. The number of carbonyl (C=O) groups excluding carboxylic acids is 3. The van der Waals surface area contributed by atoms with Crippen molar-refractivity contribution in [3.8, 4) is 0 Å². The minimum absolute atomic E-state index is 0.0102. The van der Waals surface area contributed by atoms with Gasteiger partial charge in [-0.25, -0.2) is 4.79 Å². The molecule has 4 rings (SSSR count). The zero-order valence-electron chi connectivity index (χ0n) is 17.6. The highest BCUT2D eigenvalue weighted by molar-refractivity contribution is 6.06. The predicted molar refractivity (Wildman–Crippen MR) is 106 cm³/mol. The first-order valence-electron chi connectivity index (χ1n) is 11.0. The zero-order chi connectivity index (χ0) is 21.5. The molecular formula is C23H30O7. The molecule has 7 heteroatoms. The Kier molecular flexibility index (Phi) is 5.62. The molecule has 0 aromatic carbocycles. The van der Waals surface area contributed by atoms with Crippen molar-refractivity contribution in [2.45, 2.75) is 82.7 Å². The molecule has 1 aliphatic carbocycles. The van der Waals surface area contributed by atoms with Crippen LogP contribution in [-0.2, 0) is 28.6 Å². The molecular weight excluding hydrogens is 388 g/mol. The lowest BCUT2D eigenvalue weighted by molar-refractivity contribution is -0.199. The molecule has 164 valence electrons. The Morgan fingerprint density at radius 3 is 2.63 bits per heavy atom. The Morgan fingerprint density at radius 2 is 1.93 bits per heavy atom. The summed E-state index contributed by atoms with van der Waals surface area (Å²) in [6.45, 7) is 3.81. The smallest absolute Gasteiger partial charge is 0.333 e. The van der Waals surface area contributed by atoms with E-state index in [-0.39, 0.29) is 18.8 Å². The third kappa shape index (κ3) is 3.52. The number of aliphatic hydroxyl groups is 1. The number of esters is 2. The lowest BCUT2D eigenvalue weighted by Crippen LogP contribution is -2.51. The van der Waals surface area contributed by atoms with Gasteiger partial charge in [0.1, 0.15) is 0 Å². The molecule has 3 aliphatic heterocycles. The second-order valence-corrected chi connectivity index (χ2v) is 9.08. The molecule has 7 nitrogen and oxygen atoms in total. The molecule has 1 fully saturated rings. The largest absolute Gasteiger partial charge is 0.450 e. The first-order valence-corrected chi connectivity index (χ1v) is 11.0. The van der Waals surface area contributed by atoms with Crippen LogP contribution in [0.1, 0.15) is 65.2 Å². The molecule has 30 heavy (non-hydrogen) atoms. The standard InChI is InChI=1S/C23H30O7/c1-3-4-5-6-7-8-17(24)19-16-11-14-12-23(10-9-18(25)29-23)28-13-15(14)20(26)22(16,2)30-21(19)27/h9-10,16-17,19,24H,3-8,11-13H2,1-2H3/t16-,17+,19+,22-,23+/m1/s1. The van der Waals surface area contributed by atoms with E-state index in [1.807, 2.05) is 0 Å². The predicted octanol–water partition coefficient (Wildman–Crippen LogP) is 2.75. The van der Waals surface area contributed by atoms with Crippen LogP contribution in [0.3, 0.4) is 0 Å². The SMILES string of the molecule is CCCCCCC[C@H](O)[C@H]1C(=O)O[C@@]2(C)C(=O)C3=C(C[C@H]12)C[C@@]1(C=CC(=O)O1)OC3. The lowest BCUT2D eigenvalue weighted by Gasteiger charge is -2.42. The van der Waals surface area contributed by atoms with Crippen LogP contribution in [-0.4, -0.2) is 46.9 Å². The van der Waals surface area contributed by atoms with E-state index in [4.69, 9.17) is 14.2 Å². The van der Waals surface area contributed by atoms with Crippen LogP contribution in [0, 0.1) is 11.8 Å². The molecule has 0 unspecified atom stereocenters. The Bertz CT molecular complexity index is 812. The van der Waals surface area contributed by atoms with Crippen molar-refractivity contribution in [2.24, 2.45) is 11.8 Å². The first-order chi connectivity index (χ1) is 14.3. The van der Waals surface area contributed by atoms with E-state index in [0.29, 0.717) is 18.4 Å². The number of Topliss-reactive ketones (excluding diaryl/α,β-unsaturated/α-hetero) is 1. The summed E-state index contributed by atoms with van der Waals surface area (Å²) in [6.07, 6.45) is 8.57. The summed E-state index contributed by atoms with van der Waals surface area (Å²) in [4.78, 5) is 37.5. The third-order valence-electron chi connectivity index (χ3n) is 7.03. The number of hydrogen-bond acceptors (Lipinski definition) is 7. The summed E-state index contributed by atoms with van der Waals surface area (Å²) < 4.78 is 16.6. The van der Waals surface area contributed by atoms with Gasteiger partial charge in [0.05, 0.1) is 18.6 Å². The number of rotatable bonds is 7. The van der Waals surface area contributed by atoms with Gasteiger partial charge >= 0.3 is 11.9 Å². The average Bonchev–Trinajstić information content (AvgIpc) is 3.18. The van der Waals surface area contributed by atoms with E-state index >= 15 is 0 Å². The minimum Gasteiger partial charge on any atom is -0.450 e. The highest BCUT2D eigenvalue weighted by atomic mass is 16.7. The Balaban J connectivity index is 1.51. The van der Waals surface area contributed by atoms with Gasteiger partial charge in [-0.1, -0.05) is 44.6 Å². The van der Waals surface area contributed by atoms with Crippen LogP contribution < -0.4 is 0 Å². The van der Waals surface area contributed by atoms with E-state index in [0.717, 1.165) is 37.7 Å². The number of fused-ring (bicyclic) bond motifs is 1. The Labute approximate surface area is 176 Å². The molecule has 3 heterocycles. The van der Waals surface area contributed by atoms with Gasteiger partial charge < -0.3 is 19.3 Å². The van der Waals surface area contributed by atoms with Crippen LogP contribution in [0.25, 0.3) is 0 Å². The van der Waals surface area contributed by atoms with Crippen molar-refractivity contribution in [3.63, 3.8) is 0 Å². The average molecular weight is 418 g/mol. The molecule has 1 N–H and O–H groups in total. The van der Waals surface area contributed by atoms with Gasteiger partial charge in [-0.05, 0) is 25.8 Å². The van der Waals surface area contributed by atoms with E-state index in [1.165, 1.54) is 6.08 Å². The summed E-state index contributed by atoms with van der Waals surface area (Å²) in [6, 6.07) is 0. The molecule has 0 aromatic heterocycles. The summed E-state index contributed by atoms with van der Waals surface area (Å²) in [5.41, 5.74) is 0.0459. The summed E-state index contributed by atoms with van der Waals surface area (Å²) in [5.74, 6) is -3.55. The third-order valence-corrected chi connectivity index (χ3v) is 7.03. The molecule has 0 bridgehead atoms. The first kappa shape index (κ1) is 21.2. The number of unbranched alkanes of at least 4 members (excludes halogenated alkanes) is 4. The molecule has 0 amide bonds. The van der Waals surface area contributed by atoms with Crippen LogP contribution in [0.5, 0.6) is 0 Å². The number of ether oxygens (including phenoxy) is 3. The molecule has 0 radical (unpaired) electrons. The van der Waals surface area contributed by atoms with Crippen LogP contribution in [0.15, 0.2) is 23.3 Å². The second kappa shape index (κ2) is 7.93. The maximum Gasteiger partial charge on any atom is 0.333 e. The molecule has 5 atom stereocenters. The van der Waals surface area contributed by atoms with Crippen molar-refractivity contribution in [1.82, 2.24) is 0 Å². The molecule has 1 spiro atoms. The van der Waals surface area contributed by atoms with Gasteiger partial charge in [-0.15, -0.1) is 0 Å². The fraction of sp³-hybridized carbons (Fsp3) is 0.696. The molecule has 0 saturated carbocycles. The second-order valence-electron chi connectivity index (χ2n) is 9.08. The van der Waals surface area contributed by atoms with Crippen molar-refractivity contribution >= 4 is 17.7 Å². The van der Waals surface area contributed by atoms with E-state index in [1.54, 1.807) is 13.0 Å². The van der Waals surface area contributed by atoms with Crippen molar-refractivity contribution in [2.75, 3.05) is 6.61 Å². The van der Waals surface area contributed by atoms with Gasteiger partial charge in [0, 0.05) is 24.0 Å². The van der Waals surface area contributed by atoms with Crippen LogP contribution in [0.2, 0.25) is 0 Å². The van der Waals surface area contributed by atoms with E-state index in [9.17, 15) is 19.5 Å². The maximum atomic E-state index is 13.3. The van der Waals surface area contributed by atoms with Gasteiger partial charge in [-0.2, -0.15) is 0 Å². The van der Waals surface area contributed by atoms with E-state index < -0.39 is 41.3 Å². The topological polar surface area (TPSA) is 99.1 Å². The zero-order valence-corrected chi connectivity index (χ0v) is 17.6. The van der Waals surface area contributed by atoms with Gasteiger partial charge in [0.15, 0.2) is 5.60 Å². The van der Waals surface area contributed by atoms with Crippen molar-refractivity contribution in [3.05, 3.63) is 23.3 Å². The quantitative estimate of drug-likeness (QED) is 0.501. The Morgan fingerprint density at radius 1 is 1.17 bits per heavy atom. The van der Waals surface area contributed by atoms with E-state index in [2.05, 4.69) is 6.92 Å². The lowest BCUT2D eigenvalue weighted by atomic mass is 9.66. The van der Waals surface area contributed by atoms with Gasteiger partial charge in [0.2, 0.25) is 11.6 Å². The number of aliphatic hydroxyl groups excluding tert-OH is 1. The van der Waals surface area contributed by atoms with Gasteiger partial charge in [-0.3, -0.25) is 9.59 Å². The van der Waals surface area contributed by atoms with Crippen molar-refractivity contribution < 1.29 is 33.7 Å². The number of carbonyl (C=O) groups is 3. The molecule has 4 aliphatic rings. The van der Waals surface area contributed by atoms with Gasteiger partial charge in [0.25, 0.3) is 0 Å². The Hall–Kier alpha value is -1.99. The summed E-state index contributed by atoms with van der Waals surface area (Å²) in [5, 5.41) is 10.8. The number of ketones is 1. The maximum absolute atomic E-state index is 13.3. The highest BCUT2D eigenvalue weighted by Gasteiger charge is 2.62. The highest BCUT2D eigenvalue weighted by Crippen LogP contribution is 2.51. The molecule has 1 saturated heterocycles. The van der Waals surface area contributed by atoms with Crippen molar-refractivity contribution in [1.29, 1.82) is 0 Å². The fourth-order valence-corrected chi connectivity index (χ4v) is 5.30. The minimum atomic E-state index is -1.28. The number of hydrogen-bond donors (Lipinski definition) is 1. The van der Waals surface area contributed by atoms with Crippen LogP contribution in [0.4, 0.5) is 0 Å². The summed E-state index contributed by atoms with van der Waals surface area (Å²) >= 11 is 0. The summed E-state index contributed by atoms with van der Waals surface area (Å²) in [7, 11) is 0. The normalized spacial score (nSPS) is 36.0.